The zero-order valence-corrected chi connectivity index (χ0v) is 11.9. The predicted molar refractivity (Wildman–Crippen MR) is 77.7 cm³/mol. The largest absolute Gasteiger partial charge is 0.297 e. The van der Waals surface area contributed by atoms with E-state index in [1.165, 1.54) is 12.8 Å². The number of benzene rings is 1. The maximum absolute atomic E-state index is 9.77. The third-order valence-corrected chi connectivity index (χ3v) is 3.85. The molecule has 0 aromatic heterocycles. The van der Waals surface area contributed by atoms with Crippen LogP contribution in [0.4, 0.5) is 0 Å². The van der Waals surface area contributed by atoms with Crippen LogP contribution in [0, 0.1) is 11.3 Å². The topological polar surface area (TPSA) is 39.1 Å². The first-order valence-corrected chi connectivity index (χ1v) is 7.21. The Hall–Kier alpha value is -1.37. The average molecular weight is 257 g/mol. The van der Waals surface area contributed by atoms with Crippen LogP contribution in [0.5, 0.6) is 0 Å². The fraction of sp³-hybridized carbons (Fsp3) is 0.562. The molecule has 0 spiro atoms. The molecule has 3 nitrogen and oxygen atoms in total. The lowest BCUT2D eigenvalue weighted by Gasteiger charge is -2.34. The fourth-order valence-electron chi connectivity index (χ4n) is 2.66. The van der Waals surface area contributed by atoms with Crippen LogP contribution < -0.4 is 5.32 Å². The number of likely N-dealkylation sites (N-methyl/N-ethyl adjacent to an activating group) is 2. The molecule has 19 heavy (non-hydrogen) atoms. The summed E-state index contributed by atoms with van der Waals surface area (Å²) in [5.74, 6) is 0. The van der Waals surface area contributed by atoms with E-state index in [0.29, 0.717) is 6.04 Å². The van der Waals surface area contributed by atoms with Crippen LogP contribution in [0.1, 0.15) is 32.3 Å². The fourth-order valence-corrected chi connectivity index (χ4v) is 2.66. The van der Waals surface area contributed by atoms with Gasteiger partial charge in [-0.15, -0.1) is 0 Å². The molecule has 0 aliphatic heterocycles. The first-order chi connectivity index (χ1) is 9.25. The first-order valence-electron chi connectivity index (χ1n) is 7.21. The van der Waals surface area contributed by atoms with E-state index in [0.717, 1.165) is 25.2 Å². The second-order valence-electron chi connectivity index (χ2n) is 5.21. The summed E-state index contributed by atoms with van der Waals surface area (Å²) in [4.78, 5) is 2.43. The summed E-state index contributed by atoms with van der Waals surface area (Å²) in [6.07, 6.45) is 2.55. The van der Waals surface area contributed by atoms with Crippen molar-refractivity contribution < 1.29 is 0 Å². The van der Waals surface area contributed by atoms with Crippen LogP contribution in [-0.4, -0.2) is 30.6 Å². The van der Waals surface area contributed by atoms with Crippen molar-refractivity contribution in [1.82, 2.24) is 10.2 Å². The monoisotopic (exact) mass is 257 g/mol. The molecular formula is C16H23N3. The minimum atomic E-state index is -0.589. The smallest absolute Gasteiger partial charge is 0.145 e. The van der Waals surface area contributed by atoms with E-state index in [4.69, 9.17) is 0 Å². The summed E-state index contributed by atoms with van der Waals surface area (Å²) in [5, 5.41) is 13.2. The highest BCUT2D eigenvalue weighted by molar-refractivity contribution is 5.32. The molecule has 1 fully saturated rings. The summed E-state index contributed by atoms with van der Waals surface area (Å²) in [5.41, 5.74) is 0.479. The lowest BCUT2D eigenvalue weighted by Crippen LogP contribution is -2.50. The third-order valence-electron chi connectivity index (χ3n) is 3.85. The first kappa shape index (κ1) is 14.0. The van der Waals surface area contributed by atoms with Crippen molar-refractivity contribution in [3.05, 3.63) is 35.9 Å². The third kappa shape index (κ3) is 3.15. The van der Waals surface area contributed by atoms with Gasteiger partial charge in [0.15, 0.2) is 0 Å². The zero-order valence-electron chi connectivity index (χ0n) is 11.9. The van der Waals surface area contributed by atoms with Gasteiger partial charge in [0.05, 0.1) is 6.07 Å². The number of nitriles is 1. The van der Waals surface area contributed by atoms with Crippen molar-refractivity contribution in [1.29, 1.82) is 5.26 Å². The van der Waals surface area contributed by atoms with E-state index < -0.39 is 5.54 Å². The van der Waals surface area contributed by atoms with E-state index in [9.17, 15) is 5.26 Å². The van der Waals surface area contributed by atoms with Gasteiger partial charge in [-0.05, 0) is 31.5 Å². The maximum Gasteiger partial charge on any atom is 0.145 e. The van der Waals surface area contributed by atoms with Crippen LogP contribution in [0.2, 0.25) is 0 Å². The molecule has 1 aliphatic rings. The Labute approximate surface area is 116 Å². The van der Waals surface area contributed by atoms with Crippen LogP contribution >= 0.6 is 0 Å². The van der Waals surface area contributed by atoms with Crippen LogP contribution in [0.25, 0.3) is 0 Å². The molecule has 0 amide bonds. The molecule has 0 radical (unpaired) electrons. The number of hydrogen-bond acceptors (Lipinski definition) is 3. The Morgan fingerprint density at radius 2 is 2.00 bits per heavy atom. The van der Waals surface area contributed by atoms with Gasteiger partial charge in [-0.2, -0.15) is 5.26 Å². The van der Waals surface area contributed by atoms with E-state index >= 15 is 0 Å². The van der Waals surface area contributed by atoms with E-state index in [2.05, 4.69) is 30.1 Å². The number of nitrogens with one attached hydrogen (secondary N) is 1. The van der Waals surface area contributed by atoms with Gasteiger partial charge in [-0.25, -0.2) is 0 Å². The molecule has 1 atom stereocenters. The Morgan fingerprint density at radius 3 is 2.47 bits per heavy atom. The quantitative estimate of drug-likeness (QED) is 0.815. The summed E-state index contributed by atoms with van der Waals surface area (Å²) < 4.78 is 0. The standard InChI is InChI=1S/C16H23N3/c1-3-18-16(12-17,14-8-6-5-7-9-14)13-19(4-2)15-10-11-15/h5-9,15,18H,3-4,10-11,13H2,1-2H3. The van der Waals surface area contributed by atoms with Gasteiger partial charge in [0.25, 0.3) is 0 Å². The molecule has 2 rings (SSSR count). The van der Waals surface area contributed by atoms with Crippen molar-refractivity contribution in [3.8, 4) is 6.07 Å². The zero-order chi connectivity index (χ0) is 13.7. The Bertz CT molecular complexity index is 433. The molecule has 0 saturated heterocycles. The van der Waals surface area contributed by atoms with Gasteiger partial charge >= 0.3 is 0 Å². The lowest BCUT2D eigenvalue weighted by molar-refractivity contribution is 0.213. The molecule has 3 heteroatoms. The van der Waals surface area contributed by atoms with Crippen molar-refractivity contribution in [2.45, 2.75) is 38.3 Å². The molecule has 1 aromatic carbocycles. The Balaban J connectivity index is 2.26. The SMILES string of the molecule is CCNC(C#N)(CN(CC)C1CC1)c1ccccc1. The number of nitrogens with zero attached hydrogens (tertiary/aromatic N) is 2. The van der Waals surface area contributed by atoms with E-state index in [-0.39, 0.29) is 0 Å². The predicted octanol–water partition coefficient (Wildman–Crippen LogP) is 2.50. The normalized spacial score (nSPS) is 18.0. The van der Waals surface area contributed by atoms with Gasteiger partial charge in [-0.1, -0.05) is 44.2 Å². The highest BCUT2D eigenvalue weighted by Gasteiger charge is 2.38. The molecule has 102 valence electrons. The van der Waals surface area contributed by atoms with Crippen LogP contribution in [0.3, 0.4) is 0 Å². The highest BCUT2D eigenvalue weighted by Crippen LogP contribution is 2.30. The summed E-state index contributed by atoms with van der Waals surface area (Å²) in [6, 6.07) is 13.3. The van der Waals surface area contributed by atoms with Crippen LogP contribution in [0.15, 0.2) is 30.3 Å². The molecule has 1 aliphatic carbocycles. The van der Waals surface area contributed by atoms with Gasteiger partial charge in [0.2, 0.25) is 0 Å². The minimum Gasteiger partial charge on any atom is -0.297 e. The molecule has 1 unspecified atom stereocenters. The van der Waals surface area contributed by atoms with Crippen LogP contribution in [-0.2, 0) is 5.54 Å². The van der Waals surface area contributed by atoms with E-state index in [1.54, 1.807) is 0 Å². The number of rotatable bonds is 7. The van der Waals surface area contributed by atoms with Crippen molar-refractivity contribution >= 4 is 0 Å². The molecule has 1 N–H and O–H groups in total. The maximum atomic E-state index is 9.77. The molecular weight excluding hydrogens is 234 g/mol. The average Bonchev–Trinajstić information content (AvgIpc) is 3.29. The molecule has 0 heterocycles. The van der Waals surface area contributed by atoms with Crippen molar-refractivity contribution in [2.75, 3.05) is 19.6 Å². The lowest BCUT2D eigenvalue weighted by atomic mass is 9.90. The van der Waals surface area contributed by atoms with Gasteiger partial charge in [-0.3, -0.25) is 10.2 Å². The van der Waals surface area contributed by atoms with Crippen molar-refractivity contribution in [2.24, 2.45) is 0 Å². The summed E-state index contributed by atoms with van der Waals surface area (Å²) in [7, 11) is 0. The van der Waals surface area contributed by atoms with Gasteiger partial charge < -0.3 is 0 Å². The molecule has 0 bridgehead atoms. The summed E-state index contributed by atoms with van der Waals surface area (Å²) >= 11 is 0. The number of hydrogen-bond donors (Lipinski definition) is 1. The second kappa shape index (κ2) is 6.18. The molecule has 1 saturated carbocycles. The van der Waals surface area contributed by atoms with Gasteiger partial charge in [0.1, 0.15) is 5.54 Å². The minimum absolute atomic E-state index is 0.589. The van der Waals surface area contributed by atoms with Crippen molar-refractivity contribution in [3.63, 3.8) is 0 Å². The van der Waals surface area contributed by atoms with E-state index in [1.807, 2.05) is 30.3 Å². The highest BCUT2D eigenvalue weighted by atomic mass is 15.2. The Morgan fingerprint density at radius 1 is 1.32 bits per heavy atom. The summed E-state index contributed by atoms with van der Waals surface area (Å²) in [6.45, 7) is 6.80. The van der Waals surface area contributed by atoms with Gasteiger partial charge in [0, 0.05) is 12.6 Å². The Kier molecular flexibility index (Phi) is 4.57. The molecule has 1 aromatic rings. The second-order valence-corrected chi connectivity index (χ2v) is 5.21.